The van der Waals surface area contributed by atoms with Crippen molar-refractivity contribution in [2.45, 2.75) is 12.6 Å². The summed E-state index contributed by atoms with van der Waals surface area (Å²) in [5.74, 6) is 0. The first-order valence-electron chi connectivity index (χ1n) is 6.00. The summed E-state index contributed by atoms with van der Waals surface area (Å²) in [6, 6.07) is 0.462. The van der Waals surface area contributed by atoms with E-state index < -0.39 is 0 Å². The molecule has 0 spiro atoms. The second-order valence-corrected chi connectivity index (χ2v) is 4.75. The highest BCUT2D eigenvalue weighted by Crippen LogP contribution is 2.25. The van der Waals surface area contributed by atoms with Gasteiger partial charge in [0.05, 0.1) is 23.8 Å². The van der Waals surface area contributed by atoms with Crippen molar-refractivity contribution in [1.82, 2.24) is 25.1 Å². The lowest BCUT2D eigenvalue weighted by molar-refractivity contribution is 0.104. The fraction of sp³-hybridized carbons (Fsp3) is 0.727. The molecule has 88 valence electrons. The van der Waals surface area contributed by atoms with Crippen LogP contribution < -0.4 is 5.32 Å². The van der Waals surface area contributed by atoms with Gasteiger partial charge in [0.2, 0.25) is 0 Å². The third-order valence-corrected chi connectivity index (χ3v) is 3.69. The fourth-order valence-electron chi connectivity index (χ4n) is 2.63. The smallest absolute Gasteiger partial charge is 0.0926 e. The number of hydrogen-bond acceptors (Lipinski definition) is 4. The number of aromatic nitrogens is 2. The highest BCUT2D eigenvalue weighted by molar-refractivity contribution is 5.19. The van der Waals surface area contributed by atoms with Crippen LogP contribution in [0.3, 0.4) is 0 Å². The van der Waals surface area contributed by atoms with E-state index >= 15 is 0 Å². The van der Waals surface area contributed by atoms with Crippen LogP contribution in [0.2, 0.25) is 0 Å². The molecule has 1 aromatic heterocycles. The van der Waals surface area contributed by atoms with Crippen LogP contribution in [0.15, 0.2) is 6.33 Å². The first kappa shape index (κ1) is 10.3. The number of piperazine rings is 1. The van der Waals surface area contributed by atoms with Crippen molar-refractivity contribution in [3.63, 3.8) is 0 Å². The van der Waals surface area contributed by atoms with E-state index in [0.29, 0.717) is 6.04 Å². The maximum Gasteiger partial charge on any atom is 0.0926 e. The second-order valence-electron chi connectivity index (χ2n) is 4.75. The van der Waals surface area contributed by atoms with Gasteiger partial charge in [0.1, 0.15) is 0 Å². The van der Waals surface area contributed by atoms with Gasteiger partial charge < -0.3 is 15.2 Å². The van der Waals surface area contributed by atoms with E-state index in [1.54, 1.807) is 0 Å². The number of imidazole rings is 1. The van der Waals surface area contributed by atoms with Gasteiger partial charge in [0, 0.05) is 39.3 Å². The van der Waals surface area contributed by atoms with Gasteiger partial charge in [0.15, 0.2) is 0 Å². The minimum absolute atomic E-state index is 0.462. The Morgan fingerprint density at radius 3 is 2.94 bits per heavy atom. The molecule has 0 saturated carbocycles. The SMILES string of the molecule is CN1CCN(C2CNCc3[nH]cnc32)CC1. The van der Waals surface area contributed by atoms with Crippen molar-refractivity contribution in [2.24, 2.45) is 0 Å². The van der Waals surface area contributed by atoms with Crippen molar-refractivity contribution < 1.29 is 0 Å². The number of hydrogen-bond donors (Lipinski definition) is 2. The Kier molecular flexibility index (Phi) is 2.67. The van der Waals surface area contributed by atoms with E-state index in [4.69, 9.17) is 0 Å². The summed E-state index contributed by atoms with van der Waals surface area (Å²) in [5.41, 5.74) is 2.51. The number of H-pyrrole nitrogens is 1. The quantitative estimate of drug-likeness (QED) is 0.689. The minimum Gasteiger partial charge on any atom is -0.347 e. The number of likely N-dealkylation sites (N-methyl/N-ethyl adjacent to an activating group) is 1. The lowest BCUT2D eigenvalue weighted by Gasteiger charge is -2.39. The van der Waals surface area contributed by atoms with Gasteiger partial charge in [-0.2, -0.15) is 0 Å². The molecule has 5 heteroatoms. The minimum atomic E-state index is 0.462. The van der Waals surface area contributed by atoms with Gasteiger partial charge in [0.25, 0.3) is 0 Å². The Balaban J connectivity index is 1.77. The zero-order chi connectivity index (χ0) is 11.0. The highest BCUT2D eigenvalue weighted by Gasteiger charge is 2.29. The monoisotopic (exact) mass is 221 g/mol. The summed E-state index contributed by atoms with van der Waals surface area (Å²) in [7, 11) is 2.19. The van der Waals surface area contributed by atoms with Crippen LogP contribution in [0.5, 0.6) is 0 Å². The largest absolute Gasteiger partial charge is 0.347 e. The molecule has 2 aliphatic heterocycles. The van der Waals surface area contributed by atoms with E-state index in [1.165, 1.54) is 11.4 Å². The van der Waals surface area contributed by atoms with E-state index in [2.05, 4.69) is 32.1 Å². The maximum atomic E-state index is 4.48. The van der Waals surface area contributed by atoms with Crippen molar-refractivity contribution >= 4 is 0 Å². The molecule has 0 radical (unpaired) electrons. The Morgan fingerprint density at radius 2 is 2.12 bits per heavy atom. The van der Waals surface area contributed by atoms with E-state index in [1.807, 2.05) is 6.33 Å². The summed E-state index contributed by atoms with van der Waals surface area (Å²) in [6.07, 6.45) is 1.82. The van der Waals surface area contributed by atoms with Crippen LogP contribution in [-0.2, 0) is 6.54 Å². The number of aromatic amines is 1. The molecule has 1 unspecified atom stereocenters. The number of nitrogens with zero attached hydrogens (tertiary/aromatic N) is 3. The zero-order valence-corrected chi connectivity index (χ0v) is 9.74. The van der Waals surface area contributed by atoms with Crippen LogP contribution in [0.25, 0.3) is 0 Å². The molecule has 0 aliphatic carbocycles. The van der Waals surface area contributed by atoms with Crippen LogP contribution in [0.1, 0.15) is 17.4 Å². The topological polar surface area (TPSA) is 47.2 Å². The normalized spacial score (nSPS) is 27.9. The molecule has 2 N–H and O–H groups in total. The van der Waals surface area contributed by atoms with Crippen LogP contribution in [0, 0.1) is 0 Å². The molecule has 0 aromatic carbocycles. The lowest BCUT2D eigenvalue weighted by Crippen LogP contribution is -2.49. The molecule has 2 aliphatic rings. The third-order valence-electron chi connectivity index (χ3n) is 3.69. The Hall–Kier alpha value is -0.910. The molecule has 1 atom stereocenters. The molecule has 1 fully saturated rings. The Morgan fingerprint density at radius 1 is 1.31 bits per heavy atom. The van der Waals surface area contributed by atoms with E-state index in [-0.39, 0.29) is 0 Å². The lowest BCUT2D eigenvalue weighted by atomic mass is 10.1. The molecule has 0 bridgehead atoms. The summed E-state index contributed by atoms with van der Waals surface area (Å²) >= 11 is 0. The van der Waals surface area contributed by atoms with Gasteiger partial charge in [-0.3, -0.25) is 4.90 Å². The van der Waals surface area contributed by atoms with Crippen LogP contribution in [-0.4, -0.2) is 59.5 Å². The average Bonchev–Trinajstić information content (AvgIpc) is 2.78. The number of nitrogens with one attached hydrogen (secondary N) is 2. The predicted octanol–water partition coefficient (Wildman–Crippen LogP) is -0.199. The van der Waals surface area contributed by atoms with Gasteiger partial charge >= 0.3 is 0 Å². The second kappa shape index (κ2) is 4.16. The summed E-state index contributed by atoms with van der Waals surface area (Å²) in [5, 5.41) is 3.46. The molecule has 3 heterocycles. The molecule has 1 saturated heterocycles. The Bertz CT molecular complexity index is 353. The zero-order valence-electron chi connectivity index (χ0n) is 9.74. The van der Waals surface area contributed by atoms with Crippen molar-refractivity contribution in [3.8, 4) is 0 Å². The van der Waals surface area contributed by atoms with Crippen molar-refractivity contribution in [1.29, 1.82) is 0 Å². The number of fused-ring (bicyclic) bond motifs is 1. The standard InChI is InChI=1S/C11H19N5/c1-15-2-4-16(5-3-15)10-7-12-6-9-11(10)14-8-13-9/h8,10,12H,2-7H2,1H3,(H,13,14). The van der Waals surface area contributed by atoms with Crippen LogP contribution >= 0.6 is 0 Å². The molecular formula is C11H19N5. The van der Waals surface area contributed by atoms with Crippen molar-refractivity contribution in [2.75, 3.05) is 39.8 Å². The molecule has 1 aromatic rings. The van der Waals surface area contributed by atoms with Gasteiger partial charge in [-0.15, -0.1) is 0 Å². The molecule has 5 nitrogen and oxygen atoms in total. The first-order valence-corrected chi connectivity index (χ1v) is 6.00. The Labute approximate surface area is 95.8 Å². The molecule has 0 amide bonds. The fourth-order valence-corrected chi connectivity index (χ4v) is 2.63. The highest BCUT2D eigenvalue weighted by atomic mass is 15.3. The summed E-state index contributed by atoms with van der Waals surface area (Å²) in [4.78, 5) is 12.6. The molecular weight excluding hydrogens is 202 g/mol. The van der Waals surface area contributed by atoms with Gasteiger partial charge in [-0.05, 0) is 7.05 Å². The molecule has 3 rings (SSSR count). The third kappa shape index (κ3) is 1.75. The average molecular weight is 221 g/mol. The van der Waals surface area contributed by atoms with Gasteiger partial charge in [-0.25, -0.2) is 4.98 Å². The molecule has 16 heavy (non-hydrogen) atoms. The van der Waals surface area contributed by atoms with E-state index in [0.717, 1.165) is 39.3 Å². The van der Waals surface area contributed by atoms with Crippen LogP contribution in [0.4, 0.5) is 0 Å². The van der Waals surface area contributed by atoms with E-state index in [9.17, 15) is 0 Å². The van der Waals surface area contributed by atoms with Crippen molar-refractivity contribution in [3.05, 3.63) is 17.7 Å². The number of rotatable bonds is 1. The first-order chi connectivity index (χ1) is 7.84. The summed E-state index contributed by atoms with van der Waals surface area (Å²) in [6.45, 7) is 6.58. The van der Waals surface area contributed by atoms with Gasteiger partial charge in [-0.1, -0.05) is 0 Å². The summed E-state index contributed by atoms with van der Waals surface area (Å²) < 4.78 is 0. The predicted molar refractivity (Wildman–Crippen MR) is 62.1 cm³/mol. The maximum absolute atomic E-state index is 4.48.